The van der Waals surface area contributed by atoms with E-state index >= 15 is 0 Å². The molecular formula is C14H28Cl2N2O2. The van der Waals surface area contributed by atoms with E-state index in [0.717, 1.165) is 0 Å². The number of hydrogen-bond acceptors (Lipinski definition) is 4. The van der Waals surface area contributed by atoms with Gasteiger partial charge in [0.25, 0.3) is 0 Å². The fraction of sp³-hybridized carbons (Fsp3) is 0.857. The van der Waals surface area contributed by atoms with Gasteiger partial charge in [0.05, 0.1) is 13.1 Å². The van der Waals surface area contributed by atoms with Gasteiger partial charge in [0.15, 0.2) is 0 Å². The topological polar surface area (TPSA) is 58.9 Å². The molecule has 0 radical (unpaired) electrons. The van der Waals surface area contributed by atoms with Gasteiger partial charge in [-0.1, -0.05) is 41.5 Å². The van der Waals surface area contributed by atoms with Gasteiger partial charge in [-0.25, -0.2) is 0 Å². The Labute approximate surface area is 135 Å². The lowest BCUT2D eigenvalue weighted by atomic mass is 9.97. The van der Waals surface area contributed by atoms with E-state index in [1.165, 1.54) is 0 Å². The van der Waals surface area contributed by atoms with Crippen LogP contribution < -0.4 is 0 Å². The molecule has 4 nitrogen and oxygen atoms in total. The minimum Gasteiger partial charge on any atom is -0.299 e. The standard InChI is InChI=1S/C14H26N2O2.2ClH/c1-9(2)13(17)11(5)7-15-16-8-12(6)14(18)10(3)4;;/h9-12H,7-8H2,1-6H3;2*1H. The number of nitrogens with zero attached hydrogens (tertiary/aromatic N) is 2. The number of Topliss-reactive ketones (excluding diaryl/α,β-unsaturated/α-hetero) is 2. The molecule has 0 saturated carbocycles. The quantitative estimate of drug-likeness (QED) is 0.633. The van der Waals surface area contributed by atoms with Crippen LogP contribution in [0.5, 0.6) is 0 Å². The summed E-state index contributed by atoms with van der Waals surface area (Å²) in [6.07, 6.45) is 0. The Morgan fingerprint density at radius 2 is 0.950 bits per heavy atom. The maximum absolute atomic E-state index is 11.6. The van der Waals surface area contributed by atoms with Crippen molar-refractivity contribution in [2.24, 2.45) is 33.9 Å². The smallest absolute Gasteiger partial charge is 0.140 e. The minimum atomic E-state index is -0.0927. The fourth-order valence-electron chi connectivity index (χ4n) is 1.68. The number of hydrogen-bond donors (Lipinski definition) is 0. The third-order valence-electron chi connectivity index (χ3n) is 2.92. The molecule has 0 amide bonds. The fourth-order valence-corrected chi connectivity index (χ4v) is 1.68. The van der Waals surface area contributed by atoms with Crippen LogP contribution in [-0.2, 0) is 9.59 Å². The Morgan fingerprint density at radius 1 is 0.700 bits per heavy atom. The predicted octanol–water partition coefficient (Wildman–Crippen LogP) is 4.00. The lowest BCUT2D eigenvalue weighted by Crippen LogP contribution is -2.20. The highest BCUT2D eigenvalue weighted by Crippen LogP contribution is 2.09. The maximum Gasteiger partial charge on any atom is 0.140 e. The molecule has 0 aliphatic heterocycles. The summed E-state index contributed by atoms with van der Waals surface area (Å²) in [5, 5.41) is 8.02. The first kappa shape index (κ1) is 24.5. The van der Waals surface area contributed by atoms with Crippen molar-refractivity contribution in [1.82, 2.24) is 0 Å². The number of carbonyl (C=O) groups excluding carboxylic acids is 2. The van der Waals surface area contributed by atoms with Crippen LogP contribution >= 0.6 is 24.8 Å². The Kier molecular flexibility index (Phi) is 15.1. The first-order chi connectivity index (χ1) is 8.27. The van der Waals surface area contributed by atoms with Gasteiger partial charge in [-0.05, 0) is 0 Å². The van der Waals surface area contributed by atoms with E-state index in [1.54, 1.807) is 0 Å². The van der Waals surface area contributed by atoms with E-state index in [-0.39, 0.29) is 60.1 Å². The van der Waals surface area contributed by atoms with Crippen molar-refractivity contribution in [2.45, 2.75) is 41.5 Å². The van der Waals surface area contributed by atoms with Crippen molar-refractivity contribution < 1.29 is 9.59 Å². The van der Waals surface area contributed by atoms with Crippen molar-refractivity contribution in [2.75, 3.05) is 13.1 Å². The van der Waals surface area contributed by atoms with Crippen LogP contribution in [0.1, 0.15) is 41.5 Å². The van der Waals surface area contributed by atoms with Gasteiger partial charge in [0, 0.05) is 23.7 Å². The summed E-state index contributed by atoms with van der Waals surface area (Å²) in [4.78, 5) is 23.2. The molecule has 2 unspecified atom stereocenters. The number of halogens is 2. The number of rotatable bonds is 8. The average molecular weight is 327 g/mol. The van der Waals surface area contributed by atoms with Crippen molar-refractivity contribution in [3.05, 3.63) is 0 Å². The van der Waals surface area contributed by atoms with Gasteiger partial charge in [-0.3, -0.25) is 9.59 Å². The Balaban J connectivity index is -0.00000144. The molecule has 0 bridgehead atoms. The second kappa shape index (κ2) is 12.3. The van der Waals surface area contributed by atoms with Crippen LogP contribution in [-0.4, -0.2) is 24.7 Å². The van der Waals surface area contributed by atoms with Gasteiger partial charge in [0.2, 0.25) is 0 Å². The number of ketones is 2. The first-order valence-electron chi connectivity index (χ1n) is 6.68. The van der Waals surface area contributed by atoms with E-state index in [2.05, 4.69) is 10.2 Å². The third kappa shape index (κ3) is 9.43. The van der Waals surface area contributed by atoms with E-state index < -0.39 is 0 Å². The zero-order chi connectivity index (χ0) is 14.3. The van der Waals surface area contributed by atoms with Crippen LogP contribution in [0.4, 0.5) is 0 Å². The summed E-state index contributed by atoms with van der Waals surface area (Å²) in [5.41, 5.74) is 0. The van der Waals surface area contributed by atoms with E-state index in [0.29, 0.717) is 13.1 Å². The van der Waals surface area contributed by atoms with E-state index in [1.807, 2.05) is 41.5 Å². The molecule has 6 heteroatoms. The van der Waals surface area contributed by atoms with Gasteiger partial charge in [0.1, 0.15) is 11.6 Å². The van der Waals surface area contributed by atoms with Crippen LogP contribution in [0.2, 0.25) is 0 Å². The van der Waals surface area contributed by atoms with Crippen LogP contribution in [0.25, 0.3) is 0 Å². The summed E-state index contributed by atoms with van der Waals surface area (Å²) in [5.74, 6) is 0.309. The summed E-state index contributed by atoms with van der Waals surface area (Å²) in [7, 11) is 0. The molecule has 2 atom stereocenters. The highest BCUT2D eigenvalue weighted by molar-refractivity contribution is 5.85. The second-order valence-corrected chi connectivity index (χ2v) is 5.56. The SMILES string of the molecule is CC(C)C(=O)C(C)CN=NCC(C)C(=O)C(C)C.Cl.Cl. The lowest BCUT2D eigenvalue weighted by molar-refractivity contribution is -0.125. The van der Waals surface area contributed by atoms with Crippen LogP contribution in [0.3, 0.4) is 0 Å². The number of carbonyl (C=O) groups is 2. The highest BCUT2D eigenvalue weighted by Gasteiger charge is 2.17. The molecule has 0 saturated heterocycles. The molecule has 0 aromatic rings. The molecule has 0 aromatic heterocycles. The average Bonchev–Trinajstić information content (AvgIpc) is 2.31. The second-order valence-electron chi connectivity index (χ2n) is 5.56. The molecule has 0 N–H and O–H groups in total. The number of azo groups is 1. The Morgan fingerprint density at radius 3 is 1.15 bits per heavy atom. The molecule has 0 rings (SSSR count). The van der Waals surface area contributed by atoms with Gasteiger partial charge in [-0.2, -0.15) is 10.2 Å². The van der Waals surface area contributed by atoms with Crippen molar-refractivity contribution >= 4 is 36.4 Å². The van der Waals surface area contributed by atoms with Crippen molar-refractivity contribution in [3.8, 4) is 0 Å². The summed E-state index contributed by atoms with van der Waals surface area (Å²) >= 11 is 0. The minimum absolute atomic E-state index is 0. The van der Waals surface area contributed by atoms with E-state index in [9.17, 15) is 9.59 Å². The summed E-state index contributed by atoms with van der Waals surface area (Å²) in [6, 6.07) is 0. The molecular weight excluding hydrogens is 299 g/mol. The molecule has 0 aromatic carbocycles. The molecule has 0 aliphatic carbocycles. The molecule has 0 heterocycles. The molecule has 120 valence electrons. The van der Waals surface area contributed by atoms with Crippen molar-refractivity contribution in [1.29, 1.82) is 0 Å². The normalized spacial score (nSPS) is 13.8. The van der Waals surface area contributed by atoms with Crippen LogP contribution in [0.15, 0.2) is 10.2 Å². The van der Waals surface area contributed by atoms with Gasteiger partial charge < -0.3 is 0 Å². The molecule has 20 heavy (non-hydrogen) atoms. The summed E-state index contributed by atoms with van der Waals surface area (Å²) < 4.78 is 0. The zero-order valence-corrected chi connectivity index (χ0v) is 14.9. The Hall–Kier alpha value is -0.480. The van der Waals surface area contributed by atoms with E-state index in [4.69, 9.17) is 0 Å². The maximum atomic E-state index is 11.6. The highest BCUT2D eigenvalue weighted by atomic mass is 35.5. The summed E-state index contributed by atoms with van der Waals surface area (Å²) in [6.45, 7) is 12.1. The molecule has 0 fully saturated rings. The Bertz CT molecular complexity index is 288. The van der Waals surface area contributed by atoms with Gasteiger partial charge >= 0.3 is 0 Å². The lowest BCUT2D eigenvalue weighted by Gasteiger charge is -2.11. The van der Waals surface area contributed by atoms with Crippen molar-refractivity contribution in [3.63, 3.8) is 0 Å². The largest absolute Gasteiger partial charge is 0.299 e. The molecule has 0 aliphatic rings. The zero-order valence-electron chi connectivity index (χ0n) is 13.3. The monoisotopic (exact) mass is 326 g/mol. The first-order valence-corrected chi connectivity index (χ1v) is 6.68. The predicted molar refractivity (Wildman–Crippen MR) is 87.1 cm³/mol. The molecule has 0 spiro atoms. The van der Waals surface area contributed by atoms with Gasteiger partial charge in [-0.15, -0.1) is 24.8 Å². The third-order valence-corrected chi connectivity index (χ3v) is 2.92. The van der Waals surface area contributed by atoms with Crippen LogP contribution in [0, 0.1) is 23.7 Å².